The zero-order valence-electron chi connectivity index (χ0n) is 14.5. The van der Waals surface area contributed by atoms with Crippen LogP contribution in [0.15, 0.2) is 54.6 Å². The highest BCUT2D eigenvalue weighted by Crippen LogP contribution is 2.36. The van der Waals surface area contributed by atoms with Gasteiger partial charge in [-0.15, -0.1) is 10.2 Å². The summed E-state index contributed by atoms with van der Waals surface area (Å²) < 4.78 is 26.6. The molecule has 1 aliphatic rings. The Kier molecular flexibility index (Phi) is 4.27. The number of para-hydroxylation sites is 1. The van der Waals surface area contributed by atoms with Crippen molar-refractivity contribution in [2.75, 3.05) is 10.2 Å². The van der Waals surface area contributed by atoms with Crippen LogP contribution in [0.3, 0.4) is 0 Å². The number of anilines is 3. The molecule has 0 spiro atoms. The number of hydrogen-bond acceptors (Lipinski definition) is 4. The molecule has 3 aromatic rings. The van der Waals surface area contributed by atoms with Crippen molar-refractivity contribution in [2.24, 2.45) is 0 Å². The molecule has 0 bridgehead atoms. The third-order valence-corrected chi connectivity index (χ3v) is 4.52. The van der Waals surface area contributed by atoms with Crippen molar-refractivity contribution in [2.45, 2.75) is 19.4 Å². The Morgan fingerprint density at radius 1 is 1.11 bits per heavy atom. The molecule has 2 aromatic carbocycles. The molecule has 1 aliphatic heterocycles. The fourth-order valence-corrected chi connectivity index (χ4v) is 3.27. The van der Waals surface area contributed by atoms with Gasteiger partial charge in [-0.05, 0) is 49.2 Å². The summed E-state index contributed by atoms with van der Waals surface area (Å²) in [6.07, 6.45) is 0.907. The van der Waals surface area contributed by atoms with Gasteiger partial charge in [-0.25, -0.2) is 8.78 Å². The lowest BCUT2D eigenvalue weighted by Crippen LogP contribution is -2.25. The number of rotatable bonds is 3. The van der Waals surface area contributed by atoms with Crippen LogP contribution in [0.1, 0.15) is 23.0 Å². The lowest BCUT2D eigenvalue weighted by atomic mass is 10.1. The molecule has 1 unspecified atom stereocenters. The molecule has 7 heteroatoms. The van der Waals surface area contributed by atoms with Gasteiger partial charge in [-0.3, -0.25) is 4.79 Å². The number of fused-ring (bicyclic) bond motifs is 1. The van der Waals surface area contributed by atoms with Gasteiger partial charge < -0.3 is 10.2 Å². The first kappa shape index (κ1) is 17.1. The Balaban J connectivity index is 1.55. The summed E-state index contributed by atoms with van der Waals surface area (Å²) in [4.78, 5) is 14.3. The summed E-state index contributed by atoms with van der Waals surface area (Å²) in [5.41, 5.74) is 2.24. The smallest absolute Gasteiger partial charge is 0.276 e. The molecular weight excluding hydrogens is 350 g/mol. The topological polar surface area (TPSA) is 58.1 Å². The van der Waals surface area contributed by atoms with Gasteiger partial charge in [0.15, 0.2) is 11.5 Å². The maximum Gasteiger partial charge on any atom is 0.276 e. The first-order valence-corrected chi connectivity index (χ1v) is 8.50. The van der Waals surface area contributed by atoms with E-state index in [1.165, 1.54) is 11.6 Å². The van der Waals surface area contributed by atoms with E-state index >= 15 is 0 Å². The first-order valence-electron chi connectivity index (χ1n) is 8.50. The van der Waals surface area contributed by atoms with Crippen LogP contribution in [0.4, 0.5) is 26.0 Å². The molecule has 1 N–H and O–H groups in total. The molecule has 1 amide bonds. The lowest BCUT2D eigenvalue weighted by Gasteiger charge is -2.23. The number of benzene rings is 2. The second-order valence-electron chi connectivity index (χ2n) is 6.41. The highest BCUT2D eigenvalue weighted by Gasteiger charge is 2.28. The van der Waals surface area contributed by atoms with Crippen molar-refractivity contribution < 1.29 is 13.6 Å². The van der Waals surface area contributed by atoms with Crippen LogP contribution < -0.4 is 10.2 Å². The van der Waals surface area contributed by atoms with Crippen molar-refractivity contribution in [3.05, 3.63) is 77.5 Å². The predicted octanol–water partition coefficient (Wildman–Crippen LogP) is 4.09. The Hall–Kier alpha value is -3.35. The fourth-order valence-electron chi connectivity index (χ4n) is 3.27. The molecule has 4 rings (SSSR count). The second-order valence-corrected chi connectivity index (χ2v) is 6.41. The van der Waals surface area contributed by atoms with Crippen LogP contribution in [0.2, 0.25) is 0 Å². The van der Waals surface area contributed by atoms with Crippen LogP contribution in [0.25, 0.3) is 0 Å². The highest BCUT2D eigenvalue weighted by atomic mass is 19.1. The number of carbonyl (C=O) groups excluding carboxylic acids is 1. The number of nitrogens with zero attached hydrogens (tertiary/aromatic N) is 3. The lowest BCUT2D eigenvalue weighted by molar-refractivity contribution is 0.102. The predicted molar refractivity (Wildman–Crippen MR) is 98.1 cm³/mol. The molecule has 1 atom stereocenters. The monoisotopic (exact) mass is 366 g/mol. The maximum absolute atomic E-state index is 13.7. The number of nitrogens with one attached hydrogen (secondary N) is 1. The van der Waals surface area contributed by atoms with E-state index in [1.54, 1.807) is 6.07 Å². The SMILES string of the molecule is CC1Cc2ccccc2N1c1ccc(C(=O)Nc2ccc(F)cc2F)nn1. The molecule has 0 radical (unpaired) electrons. The van der Waals surface area contributed by atoms with Crippen LogP contribution in [-0.4, -0.2) is 22.1 Å². The van der Waals surface area contributed by atoms with Crippen molar-refractivity contribution in [1.29, 1.82) is 0 Å². The zero-order valence-corrected chi connectivity index (χ0v) is 14.5. The summed E-state index contributed by atoms with van der Waals surface area (Å²) in [5.74, 6) is -1.54. The summed E-state index contributed by atoms with van der Waals surface area (Å²) in [6, 6.07) is 14.5. The van der Waals surface area contributed by atoms with Gasteiger partial charge in [0, 0.05) is 17.8 Å². The minimum absolute atomic E-state index is 0.0441. The molecule has 0 aliphatic carbocycles. The minimum Gasteiger partial charge on any atom is -0.321 e. The van der Waals surface area contributed by atoms with E-state index in [9.17, 15) is 13.6 Å². The number of halogens is 2. The van der Waals surface area contributed by atoms with Gasteiger partial charge >= 0.3 is 0 Å². The number of carbonyl (C=O) groups is 1. The van der Waals surface area contributed by atoms with Gasteiger partial charge in [0.05, 0.1) is 5.69 Å². The molecule has 136 valence electrons. The molecule has 2 heterocycles. The van der Waals surface area contributed by atoms with Crippen molar-refractivity contribution in [1.82, 2.24) is 10.2 Å². The largest absolute Gasteiger partial charge is 0.321 e. The molecule has 0 saturated heterocycles. The zero-order chi connectivity index (χ0) is 19.0. The van der Waals surface area contributed by atoms with Crippen LogP contribution >= 0.6 is 0 Å². The van der Waals surface area contributed by atoms with Gasteiger partial charge in [0.25, 0.3) is 5.91 Å². The summed E-state index contributed by atoms with van der Waals surface area (Å²) in [7, 11) is 0. The van der Waals surface area contributed by atoms with Gasteiger partial charge in [-0.2, -0.15) is 0 Å². The second kappa shape index (κ2) is 6.75. The molecule has 27 heavy (non-hydrogen) atoms. The van der Waals surface area contributed by atoms with Crippen molar-refractivity contribution >= 4 is 23.1 Å². The van der Waals surface area contributed by atoms with Crippen LogP contribution in [0, 0.1) is 11.6 Å². The molecule has 5 nitrogen and oxygen atoms in total. The molecule has 1 aromatic heterocycles. The summed E-state index contributed by atoms with van der Waals surface area (Å²) in [5, 5.41) is 10.5. The van der Waals surface area contributed by atoms with Gasteiger partial charge in [-0.1, -0.05) is 18.2 Å². The Morgan fingerprint density at radius 3 is 2.67 bits per heavy atom. The molecular formula is C20H16F2N4O. The van der Waals surface area contributed by atoms with Crippen molar-refractivity contribution in [3.8, 4) is 0 Å². The van der Waals surface area contributed by atoms with E-state index in [1.807, 2.05) is 18.2 Å². The van der Waals surface area contributed by atoms with Gasteiger partial charge in [0.2, 0.25) is 0 Å². The average molecular weight is 366 g/mol. The van der Waals surface area contributed by atoms with E-state index in [0.29, 0.717) is 11.9 Å². The van der Waals surface area contributed by atoms with E-state index in [2.05, 4.69) is 33.4 Å². The van der Waals surface area contributed by atoms with E-state index in [0.717, 1.165) is 24.2 Å². The maximum atomic E-state index is 13.7. The standard InChI is InChI=1S/C20H16F2N4O/c1-12-10-13-4-2-3-5-18(13)26(12)19-9-8-17(24-25-19)20(27)23-16-7-6-14(21)11-15(16)22/h2-9,11-12H,10H2,1H3,(H,23,27). The van der Waals surface area contributed by atoms with E-state index < -0.39 is 17.5 Å². The Labute approximate surface area is 154 Å². The number of hydrogen-bond donors (Lipinski definition) is 1. The molecule has 0 fully saturated rings. The number of aromatic nitrogens is 2. The number of amides is 1. The third-order valence-electron chi connectivity index (χ3n) is 4.52. The van der Waals surface area contributed by atoms with E-state index in [4.69, 9.17) is 0 Å². The molecule has 0 saturated carbocycles. The third kappa shape index (κ3) is 3.23. The van der Waals surface area contributed by atoms with E-state index in [-0.39, 0.29) is 17.4 Å². The average Bonchev–Trinajstić information content (AvgIpc) is 3.00. The Bertz CT molecular complexity index is 1010. The quantitative estimate of drug-likeness (QED) is 0.759. The minimum atomic E-state index is -0.851. The summed E-state index contributed by atoms with van der Waals surface area (Å²) >= 11 is 0. The Morgan fingerprint density at radius 2 is 1.93 bits per heavy atom. The summed E-state index contributed by atoms with van der Waals surface area (Å²) in [6.45, 7) is 2.10. The highest BCUT2D eigenvalue weighted by molar-refractivity contribution is 6.02. The fraction of sp³-hybridized carbons (Fsp3) is 0.150. The van der Waals surface area contributed by atoms with Crippen LogP contribution in [-0.2, 0) is 6.42 Å². The van der Waals surface area contributed by atoms with Crippen molar-refractivity contribution in [3.63, 3.8) is 0 Å². The first-order chi connectivity index (χ1) is 13.0. The van der Waals surface area contributed by atoms with Gasteiger partial charge in [0.1, 0.15) is 11.6 Å². The normalized spacial score (nSPS) is 15.5. The van der Waals surface area contributed by atoms with Crippen LogP contribution in [0.5, 0.6) is 0 Å².